The van der Waals surface area contributed by atoms with Crippen LogP contribution < -0.4 is 5.73 Å². The first kappa shape index (κ1) is 12.0. The average Bonchev–Trinajstić information content (AvgIpc) is 1.99. The molecule has 0 bridgehead atoms. The van der Waals surface area contributed by atoms with Crippen LogP contribution in [0.4, 0.5) is 17.6 Å². The van der Waals surface area contributed by atoms with Crippen LogP contribution in [-0.2, 0) is 11.7 Å². The van der Waals surface area contributed by atoms with Crippen LogP contribution >= 0.6 is 0 Å². The molecule has 0 aliphatic rings. The van der Waals surface area contributed by atoms with Crippen LogP contribution in [0.5, 0.6) is 0 Å². The van der Waals surface area contributed by atoms with Gasteiger partial charge >= 0.3 is 6.18 Å². The molecule has 1 aromatic rings. The Morgan fingerprint density at radius 2 is 1.67 bits per heavy atom. The summed E-state index contributed by atoms with van der Waals surface area (Å²) in [5.74, 6) is -1.29. The quantitative estimate of drug-likeness (QED) is 0.725. The average molecular weight is 221 g/mol. The molecule has 0 amide bonds. The van der Waals surface area contributed by atoms with Crippen LogP contribution in [-0.4, -0.2) is 0 Å². The van der Waals surface area contributed by atoms with E-state index in [0.717, 1.165) is 6.07 Å². The number of halogens is 4. The summed E-state index contributed by atoms with van der Waals surface area (Å²) in [6.45, 7) is 2.80. The maximum atomic E-state index is 13.1. The van der Waals surface area contributed by atoms with Gasteiger partial charge in [-0.3, -0.25) is 0 Å². The van der Waals surface area contributed by atoms with Crippen molar-refractivity contribution in [1.29, 1.82) is 0 Å². The summed E-state index contributed by atoms with van der Waals surface area (Å²) in [5.41, 5.74) is 2.81. The van der Waals surface area contributed by atoms with Crippen molar-refractivity contribution in [3.8, 4) is 0 Å². The Bertz CT molecular complexity index is 363. The number of hydrogen-bond acceptors (Lipinski definition) is 1. The molecule has 0 atom stereocenters. The molecule has 1 aromatic carbocycles. The topological polar surface area (TPSA) is 26.0 Å². The number of benzene rings is 1. The smallest absolute Gasteiger partial charge is 0.322 e. The van der Waals surface area contributed by atoms with E-state index >= 15 is 0 Å². The highest BCUT2D eigenvalue weighted by atomic mass is 19.4. The summed E-state index contributed by atoms with van der Waals surface area (Å²) < 4.78 is 50.7. The lowest BCUT2D eigenvalue weighted by Gasteiger charge is -2.24. The monoisotopic (exact) mass is 221 g/mol. The molecular weight excluding hydrogens is 210 g/mol. The molecule has 0 fully saturated rings. The maximum Gasteiger partial charge on any atom is 0.419 e. The zero-order valence-corrected chi connectivity index (χ0v) is 8.32. The minimum absolute atomic E-state index is 0.241. The highest BCUT2D eigenvalue weighted by Gasteiger charge is 2.39. The second-order valence-electron chi connectivity index (χ2n) is 3.88. The molecule has 0 saturated heterocycles. The lowest BCUT2D eigenvalue weighted by Crippen LogP contribution is -2.32. The molecule has 1 rings (SSSR count). The molecule has 0 aliphatic carbocycles. The molecule has 84 valence electrons. The van der Waals surface area contributed by atoms with Crippen molar-refractivity contribution >= 4 is 0 Å². The molecule has 0 spiro atoms. The first-order valence-electron chi connectivity index (χ1n) is 4.29. The zero-order valence-electron chi connectivity index (χ0n) is 8.32. The Labute approximate surface area is 84.9 Å². The second kappa shape index (κ2) is 3.48. The Morgan fingerprint density at radius 3 is 2.00 bits per heavy atom. The molecule has 5 heteroatoms. The van der Waals surface area contributed by atoms with Gasteiger partial charge in [0.2, 0.25) is 0 Å². The fourth-order valence-electron chi connectivity index (χ4n) is 1.35. The van der Waals surface area contributed by atoms with E-state index in [1.54, 1.807) is 0 Å². The van der Waals surface area contributed by atoms with Gasteiger partial charge in [0, 0.05) is 5.54 Å². The highest BCUT2D eigenvalue weighted by molar-refractivity contribution is 5.35. The van der Waals surface area contributed by atoms with Gasteiger partial charge in [-0.2, -0.15) is 13.2 Å². The molecule has 0 saturated carbocycles. The van der Waals surface area contributed by atoms with E-state index in [1.807, 2.05) is 0 Å². The third-order valence-electron chi connectivity index (χ3n) is 1.99. The highest BCUT2D eigenvalue weighted by Crippen LogP contribution is 2.37. The molecule has 1 nitrogen and oxygen atoms in total. The normalized spacial score (nSPS) is 13.0. The van der Waals surface area contributed by atoms with E-state index in [-0.39, 0.29) is 5.56 Å². The third-order valence-corrected chi connectivity index (χ3v) is 1.99. The first-order valence-corrected chi connectivity index (χ1v) is 4.29. The number of nitrogens with two attached hydrogens (primary N) is 1. The fourth-order valence-corrected chi connectivity index (χ4v) is 1.35. The van der Waals surface area contributed by atoms with E-state index < -0.39 is 23.1 Å². The molecule has 15 heavy (non-hydrogen) atoms. The molecular formula is C10H11F4N. The largest absolute Gasteiger partial charge is 0.419 e. The van der Waals surface area contributed by atoms with Crippen LogP contribution in [0.1, 0.15) is 25.0 Å². The Morgan fingerprint density at radius 1 is 1.13 bits per heavy atom. The lowest BCUT2D eigenvalue weighted by atomic mass is 9.90. The first-order chi connectivity index (χ1) is 6.64. The van der Waals surface area contributed by atoms with Crippen molar-refractivity contribution in [2.75, 3.05) is 0 Å². The van der Waals surface area contributed by atoms with Gasteiger partial charge in [-0.15, -0.1) is 0 Å². The molecule has 0 aromatic heterocycles. The van der Waals surface area contributed by atoms with Gasteiger partial charge in [0.25, 0.3) is 0 Å². The van der Waals surface area contributed by atoms with Gasteiger partial charge in [0.1, 0.15) is 5.82 Å². The fraction of sp³-hybridized carbons (Fsp3) is 0.400. The van der Waals surface area contributed by atoms with Gasteiger partial charge in [0.05, 0.1) is 5.56 Å². The van der Waals surface area contributed by atoms with E-state index in [0.29, 0.717) is 0 Å². The Kier molecular flexibility index (Phi) is 2.78. The number of rotatable bonds is 1. The minimum Gasteiger partial charge on any atom is -0.322 e. The van der Waals surface area contributed by atoms with Crippen molar-refractivity contribution < 1.29 is 17.6 Å². The van der Waals surface area contributed by atoms with Crippen molar-refractivity contribution in [1.82, 2.24) is 0 Å². The van der Waals surface area contributed by atoms with Crippen molar-refractivity contribution in [3.63, 3.8) is 0 Å². The van der Waals surface area contributed by atoms with Gasteiger partial charge < -0.3 is 5.73 Å². The van der Waals surface area contributed by atoms with Gasteiger partial charge in [-0.05, 0) is 25.5 Å². The van der Waals surface area contributed by atoms with Gasteiger partial charge in [-0.1, -0.05) is 12.1 Å². The summed E-state index contributed by atoms with van der Waals surface area (Å²) in [6, 6.07) is 3.18. The zero-order chi connectivity index (χ0) is 11.9. The van der Waals surface area contributed by atoms with E-state index in [9.17, 15) is 17.6 Å². The summed E-state index contributed by atoms with van der Waals surface area (Å²) >= 11 is 0. The van der Waals surface area contributed by atoms with E-state index in [4.69, 9.17) is 5.73 Å². The minimum atomic E-state index is -4.72. The maximum absolute atomic E-state index is 13.1. The summed E-state index contributed by atoms with van der Waals surface area (Å²) in [7, 11) is 0. The number of hydrogen-bond donors (Lipinski definition) is 1. The lowest BCUT2D eigenvalue weighted by molar-refractivity contribution is -0.141. The second-order valence-corrected chi connectivity index (χ2v) is 3.88. The number of alkyl halides is 3. The predicted molar refractivity (Wildman–Crippen MR) is 48.6 cm³/mol. The van der Waals surface area contributed by atoms with Crippen LogP contribution in [0.15, 0.2) is 18.2 Å². The van der Waals surface area contributed by atoms with Crippen molar-refractivity contribution in [3.05, 3.63) is 35.1 Å². The Hall–Kier alpha value is -1.10. The van der Waals surface area contributed by atoms with Gasteiger partial charge in [0.15, 0.2) is 0 Å². The van der Waals surface area contributed by atoms with E-state index in [2.05, 4.69) is 0 Å². The summed E-state index contributed by atoms with van der Waals surface area (Å²) in [4.78, 5) is 0. The van der Waals surface area contributed by atoms with E-state index in [1.165, 1.54) is 26.0 Å². The SMILES string of the molecule is CC(C)(N)c1cccc(F)c1C(F)(F)F. The summed E-state index contributed by atoms with van der Waals surface area (Å²) in [5, 5.41) is 0. The standard InChI is InChI=1S/C10H11F4N/c1-9(2,15)6-4-3-5-7(11)8(6)10(12,13)14/h3-5H,15H2,1-2H3. The van der Waals surface area contributed by atoms with Crippen LogP contribution in [0.25, 0.3) is 0 Å². The van der Waals surface area contributed by atoms with Crippen LogP contribution in [0.2, 0.25) is 0 Å². The van der Waals surface area contributed by atoms with Crippen molar-refractivity contribution in [2.45, 2.75) is 25.6 Å². The molecule has 0 radical (unpaired) electrons. The molecule has 0 aliphatic heterocycles. The predicted octanol–water partition coefficient (Wildman–Crippen LogP) is 3.04. The van der Waals surface area contributed by atoms with Crippen LogP contribution in [0, 0.1) is 5.82 Å². The van der Waals surface area contributed by atoms with Gasteiger partial charge in [-0.25, -0.2) is 4.39 Å². The third kappa shape index (κ3) is 2.47. The molecule has 0 unspecified atom stereocenters. The molecule has 2 N–H and O–H groups in total. The van der Waals surface area contributed by atoms with Crippen LogP contribution in [0.3, 0.4) is 0 Å². The van der Waals surface area contributed by atoms with Crippen molar-refractivity contribution in [2.24, 2.45) is 5.73 Å². The molecule has 0 heterocycles. The summed E-state index contributed by atoms with van der Waals surface area (Å²) in [6.07, 6.45) is -4.72. The Balaban J connectivity index is 3.48.